The SMILES string of the molecule is CC(C)c1ccc(Nc2nncc(Nc3cccc4cccnc34)n2)cc1. The summed E-state index contributed by atoms with van der Waals surface area (Å²) in [5, 5.41) is 15.7. The van der Waals surface area contributed by atoms with Crippen molar-refractivity contribution in [2.45, 2.75) is 19.8 Å². The number of anilines is 4. The van der Waals surface area contributed by atoms with Gasteiger partial charge in [0, 0.05) is 17.3 Å². The van der Waals surface area contributed by atoms with E-state index in [2.05, 4.69) is 56.8 Å². The van der Waals surface area contributed by atoms with Crippen LogP contribution in [0.2, 0.25) is 0 Å². The van der Waals surface area contributed by atoms with Gasteiger partial charge in [0.15, 0.2) is 5.82 Å². The molecule has 27 heavy (non-hydrogen) atoms. The van der Waals surface area contributed by atoms with Crippen molar-refractivity contribution in [3.8, 4) is 0 Å². The van der Waals surface area contributed by atoms with Crippen LogP contribution in [0.5, 0.6) is 0 Å². The molecule has 2 aromatic heterocycles. The van der Waals surface area contributed by atoms with E-state index in [1.165, 1.54) is 5.56 Å². The summed E-state index contributed by atoms with van der Waals surface area (Å²) in [5.74, 6) is 1.54. The van der Waals surface area contributed by atoms with Crippen molar-refractivity contribution < 1.29 is 0 Å². The lowest BCUT2D eigenvalue weighted by Gasteiger charge is -2.10. The molecule has 6 heteroatoms. The third-order valence-corrected chi connectivity index (χ3v) is 4.29. The summed E-state index contributed by atoms with van der Waals surface area (Å²) >= 11 is 0. The average molecular weight is 356 g/mol. The molecule has 4 rings (SSSR count). The number of fused-ring (bicyclic) bond motifs is 1. The van der Waals surface area contributed by atoms with E-state index in [1.807, 2.05) is 42.5 Å². The van der Waals surface area contributed by atoms with Gasteiger partial charge in [-0.1, -0.05) is 44.2 Å². The van der Waals surface area contributed by atoms with Crippen LogP contribution in [0.1, 0.15) is 25.3 Å². The van der Waals surface area contributed by atoms with E-state index >= 15 is 0 Å². The molecule has 134 valence electrons. The fraction of sp³-hybridized carbons (Fsp3) is 0.143. The molecule has 2 aromatic carbocycles. The topological polar surface area (TPSA) is 75.6 Å². The molecular weight excluding hydrogens is 336 g/mol. The monoisotopic (exact) mass is 356 g/mol. The summed E-state index contributed by atoms with van der Waals surface area (Å²) in [6.45, 7) is 4.35. The van der Waals surface area contributed by atoms with E-state index in [1.54, 1.807) is 12.4 Å². The van der Waals surface area contributed by atoms with Crippen molar-refractivity contribution in [1.82, 2.24) is 20.2 Å². The van der Waals surface area contributed by atoms with Crippen molar-refractivity contribution in [2.24, 2.45) is 0 Å². The molecule has 0 saturated heterocycles. The standard InChI is InChI=1S/C21H20N6/c1-14(2)15-8-10-17(11-9-15)24-21-26-19(13-23-27-21)25-18-7-3-5-16-6-4-12-22-20(16)18/h3-14H,1-2H3,(H2,24,25,26,27). The van der Waals surface area contributed by atoms with Gasteiger partial charge in [-0.3, -0.25) is 4.98 Å². The van der Waals surface area contributed by atoms with E-state index in [4.69, 9.17) is 0 Å². The molecule has 0 fully saturated rings. The van der Waals surface area contributed by atoms with Crippen molar-refractivity contribution in [3.63, 3.8) is 0 Å². The number of pyridine rings is 1. The smallest absolute Gasteiger partial charge is 0.249 e. The molecule has 0 unspecified atom stereocenters. The first-order chi connectivity index (χ1) is 13.2. The summed E-state index contributed by atoms with van der Waals surface area (Å²) in [5.41, 5.74) is 3.97. The summed E-state index contributed by atoms with van der Waals surface area (Å²) in [6.07, 6.45) is 3.37. The number of aromatic nitrogens is 4. The van der Waals surface area contributed by atoms with Gasteiger partial charge in [-0.15, -0.1) is 5.10 Å². The minimum absolute atomic E-state index is 0.436. The Labute approximate surface area is 157 Å². The average Bonchev–Trinajstić information content (AvgIpc) is 2.69. The van der Waals surface area contributed by atoms with Crippen LogP contribution < -0.4 is 10.6 Å². The Morgan fingerprint density at radius 3 is 2.52 bits per heavy atom. The van der Waals surface area contributed by atoms with Crippen LogP contribution in [0, 0.1) is 0 Å². The second kappa shape index (κ2) is 7.37. The molecule has 6 nitrogen and oxygen atoms in total. The van der Waals surface area contributed by atoms with Crippen molar-refractivity contribution in [1.29, 1.82) is 0 Å². The number of hydrogen-bond acceptors (Lipinski definition) is 6. The molecule has 0 spiro atoms. The van der Waals surface area contributed by atoms with Gasteiger partial charge in [-0.25, -0.2) is 0 Å². The first-order valence-electron chi connectivity index (χ1n) is 8.86. The van der Waals surface area contributed by atoms with E-state index in [0.717, 1.165) is 22.3 Å². The zero-order valence-electron chi connectivity index (χ0n) is 15.2. The van der Waals surface area contributed by atoms with Gasteiger partial charge in [0.2, 0.25) is 5.95 Å². The highest BCUT2D eigenvalue weighted by atomic mass is 15.3. The lowest BCUT2D eigenvalue weighted by molar-refractivity contribution is 0.867. The highest BCUT2D eigenvalue weighted by Gasteiger charge is 2.06. The molecule has 0 saturated carbocycles. The van der Waals surface area contributed by atoms with E-state index in [-0.39, 0.29) is 0 Å². The van der Waals surface area contributed by atoms with E-state index in [9.17, 15) is 0 Å². The summed E-state index contributed by atoms with van der Waals surface area (Å²) in [7, 11) is 0. The van der Waals surface area contributed by atoms with Crippen LogP contribution in [-0.2, 0) is 0 Å². The van der Waals surface area contributed by atoms with Crippen LogP contribution in [0.3, 0.4) is 0 Å². The maximum atomic E-state index is 4.50. The lowest BCUT2D eigenvalue weighted by Crippen LogP contribution is -2.03. The highest BCUT2D eigenvalue weighted by molar-refractivity contribution is 5.91. The highest BCUT2D eigenvalue weighted by Crippen LogP contribution is 2.24. The number of benzene rings is 2. The quantitative estimate of drug-likeness (QED) is 0.522. The second-order valence-electron chi connectivity index (χ2n) is 6.57. The van der Waals surface area contributed by atoms with Gasteiger partial charge >= 0.3 is 0 Å². The normalized spacial score (nSPS) is 10.9. The van der Waals surface area contributed by atoms with Crippen LogP contribution in [0.15, 0.2) is 67.0 Å². The van der Waals surface area contributed by atoms with Gasteiger partial charge < -0.3 is 10.6 Å². The van der Waals surface area contributed by atoms with E-state index < -0.39 is 0 Å². The summed E-state index contributed by atoms with van der Waals surface area (Å²) in [4.78, 5) is 8.95. The fourth-order valence-corrected chi connectivity index (χ4v) is 2.84. The number of hydrogen-bond donors (Lipinski definition) is 2. The zero-order chi connectivity index (χ0) is 18.6. The van der Waals surface area contributed by atoms with Crippen LogP contribution in [-0.4, -0.2) is 20.2 Å². The molecule has 0 aliphatic carbocycles. The van der Waals surface area contributed by atoms with Gasteiger partial charge in [0.1, 0.15) is 0 Å². The first-order valence-corrected chi connectivity index (χ1v) is 8.86. The molecule has 0 atom stereocenters. The van der Waals surface area contributed by atoms with E-state index in [0.29, 0.717) is 17.7 Å². The van der Waals surface area contributed by atoms with Crippen LogP contribution >= 0.6 is 0 Å². The fourth-order valence-electron chi connectivity index (χ4n) is 2.84. The van der Waals surface area contributed by atoms with Gasteiger partial charge in [-0.2, -0.15) is 10.1 Å². The largest absolute Gasteiger partial charge is 0.337 e. The Hall–Kier alpha value is -3.54. The number of para-hydroxylation sites is 1. The molecule has 0 aliphatic heterocycles. The Balaban J connectivity index is 1.55. The minimum Gasteiger partial charge on any atom is -0.337 e. The number of nitrogens with zero attached hydrogens (tertiary/aromatic N) is 4. The van der Waals surface area contributed by atoms with Gasteiger partial charge in [-0.05, 0) is 35.7 Å². The molecule has 0 amide bonds. The van der Waals surface area contributed by atoms with Crippen molar-refractivity contribution in [2.75, 3.05) is 10.6 Å². The minimum atomic E-state index is 0.436. The molecule has 4 aromatic rings. The second-order valence-corrected chi connectivity index (χ2v) is 6.57. The molecule has 0 aliphatic rings. The third kappa shape index (κ3) is 3.84. The van der Waals surface area contributed by atoms with Crippen molar-refractivity contribution in [3.05, 3.63) is 72.6 Å². The van der Waals surface area contributed by atoms with Crippen molar-refractivity contribution >= 4 is 34.0 Å². The predicted molar refractivity (Wildman–Crippen MR) is 109 cm³/mol. The maximum Gasteiger partial charge on any atom is 0.249 e. The molecule has 0 radical (unpaired) electrons. The predicted octanol–water partition coefficient (Wildman–Crippen LogP) is 5.03. The van der Waals surface area contributed by atoms with Crippen LogP contribution in [0.25, 0.3) is 10.9 Å². The Bertz CT molecular complexity index is 1050. The van der Waals surface area contributed by atoms with Gasteiger partial charge in [0.05, 0.1) is 17.4 Å². The number of rotatable bonds is 5. The molecule has 2 N–H and O–H groups in total. The maximum absolute atomic E-state index is 4.50. The molecule has 0 bridgehead atoms. The Kier molecular flexibility index (Phi) is 4.61. The zero-order valence-corrected chi connectivity index (χ0v) is 15.2. The summed E-state index contributed by atoms with van der Waals surface area (Å²) in [6, 6.07) is 18.2. The third-order valence-electron chi connectivity index (χ3n) is 4.29. The summed E-state index contributed by atoms with van der Waals surface area (Å²) < 4.78 is 0. The molecule has 2 heterocycles. The lowest BCUT2D eigenvalue weighted by atomic mass is 10.0. The van der Waals surface area contributed by atoms with Gasteiger partial charge in [0.25, 0.3) is 0 Å². The molecular formula is C21H20N6. The number of nitrogens with one attached hydrogen (secondary N) is 2. The first kappa shape index (κ1) is 16.9. The van der Waals surface area contributed by atoms with Crippen LogP contribution in [0.4, 0.5) is 23.1 Å². The Morgan fingerprint density at radius 1 is 0.889 bits per heavy atom. The Morgan fingerprint density at radius 2 is 1.70 bits per heavy atom.